The van der Waals surface area contributed by atoms with Gasteiger partial charge in [0.2, 0.25) is 0 Å². The van der Waals surface area contributed by atoms with Crippen molar-refractivity contribution in [2.24, 2.45) is 0 Å². The van der Waals surface area contributed by atoms with Gasteiger partial charge in [-0.2, -0.15) is 0 Å². The molecule has 0 bridgehead atoms. The fraction of sp³-hybridized carbons (Fsp3) is 0.933. The average molecular weight is 268 g/mol. The number of rotatable bonds is 2. The zero-order valence-corrected chi connectivity index (χ0v) is 12.6. The normalized spacial score (nSPS) is 27.0. The Morgan fingerprint density at radius 3 is 2.42 bits per heavy atom. The number of carbonyl (C=O) groups is 1. The van der Waals surface area contributed by atoms with E-state index in [0.29, 0.717) is 6.04 Å². The topological polar surface area (TPSA) is 50.4 Å². The molecular formula is C15H28N2O2. The highest BCUT2D eigenvalue weighted by Gasteiger charge is 2.43. The van der Waals surface area contributed by atoms with Crippen molar-refractivity contribution < 1.29 is 9.53 Å². The molecule has 2 aliphatic rings. The van der Waals surface area contributed by atoms with Gasteiger partial charge < -0.3 is 15.4 Å². The maximum Gasteiger partial charge on any atom is 0.408 e. The maximum atomic E-state index is 12.1. The molecular weight excluding hydrogens is 240 g/mol. The molecule has 2 rings (SSSR count). The van der Waals surface area contributed by atoms with E-state index in [1.807, 2.05) is 20.8 Å². The molecule has 0 radical (unpaired) electrons. The summed E-state index contributed by atoms with van der Waals surface area (Å²) in [5.41, 5.74) is -0.507. The highest BCUT2D eigenvalue weighted by molar-refractivity contribution is 5.69. The summed E-state index contributed by atoms with van der Waals surface area (Å²) in [5, 5.41) is 6.79. The van der Waals surface area contributed by atoms with Gasteiger partial charge in [0.15, 0.2) is 0 Å². The van der Waals surface area contributed by atoms with Gasteiger partial charge in [0.05, 0.1) is 5.54 Å². The van der Waals surface area contributed by atoms with Crippen molar-refractivity contribution >= 4 is 6.09 Å². The summed E-state index contributed by atoms with van der Waals surface area (Å²) in [6.07, 6.45) is 7.96. The zero-order valence-electron chi connectivity index (χ0n) is 12.6. The van der Waals surface area contributed by atoms with E-state index in [2.05, 4.69) is 10.6 Å². The molecule has 2 N–H and O–H groups in total. The van der Waals surface area contributed by atoms with Crippen LogP contribution >= 0.6 is 0 Å². The lowest BCUT2D eigenvalue weighted by Gasteiger charge is -2.41. The Hall–Kier alpha value is -0.770. The van der Waals surface area contributed by atoms with E-state index >= 15 is 0 Å². The van der Waals surface area contributed by atoms with Crippen molar-refractivity contribution in [1.29, 1.82) is 0 Å². The first-order valence-corrected chi connectivity index (χ1v) is 7.66. The van der Waals surface area contributed by atoms with Crippen LogP contribution in [0.1, 0.15) is 65.7 Å². The maximum absolute atomic E-state index is 12.1. The molecule has 1 unspecified atom stereocenters. The predicted octanol–water partition coefficient (Wildman–Crippen LogP) is 2.97. The number of ether oxygens (including phenoxy) is 1. The van der Waals surface area contributed by atoms with Crippen molar-refractivity contribution in [1.82, 2.24) is 10.6 Å². The third-order valence-electron chi connectivity index (χ3n) is 4.22. The Labute approximate surface area is 116 Å². The Morgan fingerprint density at radius 2 is 1.89 bits per heavy atom. The fourth-order valence-corrected chi connectivity index (χ4v) is 3.40. The van der Waals surface area contributed by atoms with Crippen molar-refractivity contribution in [3.63, 3.8) is 0 Å². The van der Waals surface area contributed by atoms with Gasteiger partial charge in [-0.05, 0) is 53.0 Å². The number of nitrogens with one attached hydrogen (secondary N) is 2. The average Bonchev–Trinajstić information content (AvgIpc) is 2.77. The second-order valence-corrected chi connectivity index (χ2v) is 6.99. The molecule has 19 heavy (non-hydrogen) atoms. The third kappa shape index (κ3) is 3.85. The second kappa shape index (κ2) is 5.70. The molecule has 110 valence electrons. The lowest BCUT2D eigenvalue weighted by atomic mass is 9.83. The van der Waals surface area contributed by atoms with Crippen molar-refractivity contribution in [2.45, 2.75) is 82.9 Å². The van der Waals surface area contributed by atoms with E-state index < -0.39 is 5.60 Å². The van der Waals surface area contributed by atoms with Crippen LogP contribution in [0.5, 0.6) is 0 Å². The molecule has 1 aliphatic heterocycles. The van der Waals surface area contributed by atoms with Crippen LogP contribution in [-0.2, 0) is 4.74 Å². The highest BCUT2D eigenvalue weighted by atomic mass is 16.6. The molecule has 1 saturated heterocycles. The van der Waals surface area contributed by atoms with Gasteiger partial charge in [0.25, 0.3) is 0 Å². The molecule has 1 heterocycles. The quantitative estimate of drug-likeness (QED) is 0.809. The minimum Gasteiger partial charge on any atom is -0.444 e. The molecule has 4 heteroatoms. The van der Waals surface area contributed by atoms with E-state index in [1.165, 1.54) is 25.7 Å². The summed E-state index contributed by atoms with van der Waals surface area (Å²) in [6.45, 7) is 6.80. The summed E-state index contributed by atoms with van der Waals surface area (Å²) in [5.74, 6) is 0. The van der Waals surface area contributed by atoms with E-state index in [1.54, 1.807) is 0 Å². The fourth-order valence-electron chi connectivity index (χ4n) is 3.40. The number of piperidine rings is 1. The minimum atomic E-state index is -0.427. The van der Waals surface area contributed by atoms with Gasteiger partial charge in [0.1, 0.15) is 5.60 Å². The summed E-state index contributed by atoms with van der Waals surface area (Å²) < 4.78 is 5.44. The molecule has 1 amide bonds. The molecule has 4 nitrogen and oxygen atoms in total. The first-order valence-electron chi connectivity index (χ1n) is 7.66. The summed E-state index contributed by atoms with van der Waals surface area (Å²) in [6, 6.07) is 0.413. The smallest absolute Gasteiger partial charge is 0.408 e. The largest absolute Gasteiger partial charge is 0.444 e. The van der Waals surface area contributed by atoms with Crippen LogP contribution in [0.2, 0.25) is 0 Å². The SMILES string of the molecule is CC(C)(C)OC(=O)NC1(C2CCCCN2)CCCC1. The number of hydrogen-bond donors (Lipinski definition) is 2. The Bertz CT molecular complexity index is 311. The van der Waals surface area contributed by atoms with Crippen LogP contribution < -0.4 is 10.6 Å². The first kappa shape index (κ1) is 14.6. The number of amides is 1. The molecule has 2 fully saturated rings. The van der Waals surface area contributed by atoms with E-state index in [0.717, 1.165) is 25.8 Å². The van der Waals surface area contributed by atoms with Gasteiger partial charge in [-0.3, -0.25) is 0 Å². The summed E-state index contributed by atoms with van der Waals surface area (Å²) >= 11 is 0. The van der Waals surface area contributed by atoms with Crippen LogP contribution in [0.15, 0.2) is 0 Å². The Balaban J connectivity index is 2.00. The van der Waals surface area contributed by atoms with Crippen molar-refractivity contribution in [2.75, 3.05) is 6.54 Å². The van der Waals surface area contributed by atoms with Gasteiger partial charge in [-0.1, -0.05) is 19.3 Å². The van der Waals surface area contributed by atoms with Gasteiger partial charge in [-0.25, -0.2) is 4.79 Å². The zero-order chi connectivity index (χ0) is 13.9. The number of hydrogen-bond acceptors (Lipinski definition) is 3. The van der Waals surface area contributed by atoms with Crippen LogP contribution in [0.4, 0.5) is 4.79 Å². The van der Waals surface area contributed by atoms with E-state index in [9.17, 15) is 4.79 Å². The molecule has 1 atom stereocenters. The van der Waals surface area contributed by atoms with E-state index in [-0.39, 0.29) is 11.6 Å². The molecule has 0 spiro atoms. The van der Waals surface area contributed by atoms with Crippen LogP contribution in [-0.4, -0.2) is 29.8 Å². The predicted molar refractivity (Wildman–Crippen MR) is 76.2 cm³/mol. The lowest BCUT2D eigenvalue weighted by molar-refractivity contribution is 0.0416. The molecule has 0 aromatic heterocycles. The Kier molecular flexibility index (Phi) is 4.39. The standard InChI is InChI=1S/C15H28N2O2/c1-14(2,3)19-13(18)17-15(9-5-6-10-15)12-8-4-7-11-16-12/h12,16H,4-11H2,1-3H3,(H,17,18). The van der Waals surface area contributed by atoms with Crippen molar-refractivity contribution in [3.8, 4) is 0 Å². The summed E-state index contributed by atoms with van der Waals surface area (Å²) in [4.78, 5) is 12.1. The highest BCUT2D eigenvalue weighted by Crippen LogP contribution is 2.35. The number of carbonyl (C=O) groups excluding carboxylic acids is 1. The monoisotopic (exact) mass is 268 g/mol. The number of alkyl carbamates (subject to hydrolysis) is 1. The van der Waals surface area contributed by atoms with Crippen LogP contribution in [0.25, 0.3) is 0 Å². The van der Waals surface area contributed by atoms with Gasteiger partial charge in [0, 0.05) is 6.04 Å². The molecule has 1 saturated carbocycles. The second-order valence-electron chi connectivity index (χ2n) is 6.99. The lowest BCUT2D eigenvalue weighted by Crippen LogP contribution is -2.61. The molecule has 1 aliphatic carbocycles. The Morgan fingerprint density at radius 1 is 1.21 bits per heavy atom. The molecule has 0 aromatic rings. The van der Waals surface area contributed by atoms with E-state index in [4.69, 9.17) is 4.74 Å². The minimum absolute atomic E-state index is 0.0806. The summed E-state index contributed by atoms with van der Waals surface area (Å²) in [7, 11) is 0. The van der Waals surface area contributed by atoms with Gasteiger partial charge >= 0.3 is 6.09 Å². The van der Waals surface area contributed by atoms with Crippen molar-refractivity contribution in [3.05, 3.63) is 0 Å². The van der Waals surface area contributed by atoms with Crippen LogP contribution in [0, 0.1) is 0 Å². The molecule has 0 aromatic carbocycles. The third-order valence-corrected chi connectivity index (χ3v) is 4.22. The van der Waals surface area contributed by atoms with Crippen LogP contribution in [0.3, 0.4) is 0 Å². The van der Waals surface area contributed by atoms with Gasteiger partial charge in [-0.15, -0.1) is 0 Å². The first-order chi connectivity index (χ1) is 8.91.